The molecule has 3 radical (unpaired) electrons. The van der Waals surface area contributed by atoms with E-state index < -0.39 is 0 Å². The Morgan fingerprint density at radius 3 is 3.17 bits per heavy atom. The van der Waals surface area contributed by atoms with Crippen molar-refractivity contribution in [3.05, 3.63) is 11.1 Å². The number of hydrogen-bond acceptors (Lipinski definition) is 1. The van der Waals surface area contributed by atoms with Crippen molar-refractivity contribution >= 4 is 21.8 Å². The predicted octanol–water partition coefficient (Wildman–Crippen LogP) is 0.807. The number of fused-ring (bicyclic) bond motifs is 1. The summed E-state index contributed by atoms with van der Waals surface area (Å²) in [6.45, 7) is 3.71. The van der Waals surface area contributed by atoms with Gasteiger partial charge in [-0.15, -0.1) is 0 Å². The molecular weight excluding hydrogens is 143 g/mol. The Kier molecular flexibility index (Phi) is 2.36. The molecule has 0 aliphatic carbocycles. The summed E-state index contributed by atoms with van der Waals surface area (Å²) < 4.78 is 0. The number of hydrogen-bond donors (Lipinski definition) is 1. The molecule has 0 aromatic heterocycles. The minimum atomic E-state index is 0.358. The second kappa shape index (κ2) is 3.33. The summed E-state index contributed by atoms with van der Waals surface area (Å²) >= 11 is 0. The third kappa shape index (κ3) is 1.37. The van der Waals surface area contributed by atoms with Crippen LogP contribution in [0.3, 0.4) is 0 Å². The second-order valence-electron chi connectivity index (χ2n) is 3.90. The van der Waals surface area contributed by atoms with Gasteiger partial charge in [-0.3, -0.25) is 0 Å². The lowest BCUT2D eigenvalue weighted by molar-refractivity contribution is 0.785. The molecule has 1 fully saturated rings. The van der Waals surface area contributed by atoms with Gasteiger partial charge in [0.15, 0.2) is 0 Å². The maximum Gasteiger partial charge on any atom is 0.204 e. The van der Waals surface area contributed by atoms with E-state index in [9.17, 15) is 0 Å². The molecule has 2 heterocycles. The third-order valence-electron chi connectivity index (χ3n) is 3.10. The van der Waals surface area contributed by atoms with E-state index in [4.69, 9.17) is 7.74 Å². The highest BCUT2D eigenvalue weighted by Gasteiger charge is 2.30. The van der Waals surface area contributed by atoms with Crippen LogP contribution < -0.4 is 5.23 Å². The van der Waals surface area contributed by atoms with Crippen LogP contribution in [-0.2, 0) is 0 Å². The standard InChI is InChI=1S/C8H13B3N/c1-6-2-4-11(9)8-7(6)3-5-12-10-8/h8,12H,2-5H2,1H3/t8-/m0/s1. The molecule has 0 aromatic carbocycles. The molecule has 4 heteroatoms. The van der Waals surface area contributed by atoms with Gasteiger partial charge in [-0.05, 0) is 26.3 Å². The van der Waals surface area contributed by atoms with Crippen molar-refractivity contribution in [3.8, 4) is 0 Å². The SMILES string of the molecule is [B]B1CCC(C)=C2CCN[B][C@@H]12. The first kappa shape index (κ1) is 8.49. The zero-order valence-corrected chi connectivity index (χ0v) is 7.64. The minimum absolute atomic E-state index is 0.358. The molecule has 0 bridgehead atoms. The van der Waals surface area contributed by atoms with Crippen molar-refractivity contribution in [1.29, 1.82) is 0 Å². The van der Waals surface area contributed by atoms with E-state index in [2.05, 4.69) is 19.6 Å². The first-order chi connectivity index (χ1) is 5.79. The highest BCUT2D eigenvalue weighted by molar-refractivity contribution is 7.08. The number of nitrogens with one attached hydrogen (secondary N) is 1. The Morgan fingerprint density at radius 2 is 2.42 bits per heavy atom. The lowest BCUT2D eigenvalue weighted by Gasteiger charge is -2.35. The van der Waals surface area contributed by atoms with Crippen molar-refractivity contribution in [2.75, 3.05) is 6.54 Å². The highest BCUT2D eigenvalue weighted by atomic mass is 14.8. The molecule has 1 saturated heterocycles. The lowest BCUT2D eigenvalue weighted by atomic mass is 9.17. The Balaban J connectivity index is 2.23. The fourth-order valence-corrected chi connectivity index (χ4v) is 2.29. The van der Waals surface area contributed by atoms with Gasteiger partial charge in [-0.1, -0.05) is 23.2 Å². The molecule has 0 saturated carbocycles. The molecule has 0 amide bonds. The van der Waals surface area contributed by atoms with E-state index in [1.54, 1.807) is 11.1 Å². The fraction of sp³-hybridized carbons (Fsp3) is 0.750. The maximum atomic E-state index is 6.05. The summed E-state index contributed by atoms with van der Waals surface area (Å²) in [6.07, 6.45) is 3.56. The average molecular weight is 156 g/mol. The molecule has 2 rings (SSSR count). The highest BCUT2D eigenvalue weighted by Crippen LogP contribution is 2.35. The number of allylic oxidation sites excluding steroid dienone is 1. The monoisotopic (exact) mass is 156 g/mol. The van der Waals surface area contributed by atoms with E-state index in [0.29, 0.717) is 12.3 Å². The first-order valence-electron chi connectivity index (χ1n) is 4.80. The van der Waals surface area contributed by atoms with Crippen LogP contribution in [0.25, 0.3) is 0 Å². The predicted molar refractivity (Wildman–Crippen MR) is 55.8 cm³/mol. The van der Waals surface area contributed by atoms with Gasteiger partial charge in [0.2, 0.25) is 7.41 Å². The Hall–Kier alpha value is -0.105. The first-order valence-corrected chi connectivity index (χ1v) is 4.80. The van der Waals surface area contributed by atoms with Gasteiger partial charge in [0.1, 0.15) is 0 Å². The number of rotatable bonds is 0. The van der Waals surface area contributed by atoms with Crippen LogP contribution in [0.4, 0.5) is 0 Å². The van der Waals surface area contributed by atoms with Gasteiger partial charge in [-0.25, -0.2) is 0 Å². The van der Waals surface area contributed by atoms with Crippen molar-refractivity contribution in [2.45, 2.75) is 31.8 Å². The Labute approximate surface area is 77.1 Å². The Morgan fingerprint density at radius 1 is 1.58 bits per heavy atom. The van der Waals surface area contributed by atoms with Gasteiger partial charge in [0, 0.05) is 7.74 Å². The summed E-state index contributed by atoms with van der Waals surface area (Å²) in [6, 6.07) is 0. The summed E-state index contributed by atoms with van der Waals surface area (Å²) in [5.41, 5.74) is 3.71. The third-order valence-corrected chi connectivity index (χ3v) is 3.10. The van der Waals surface area contributed by atoms with Crippen LogP contribution in [0, 0.1) is 0 Å². The summed E-state index contributed by atoms with van der Waals surface area (Å²) in [5.74, 6) is 0. The van der Waals surface area contributed by atoms with Crippen molar-refractivity contribution in [2.24, 2.45) is 0 Å². The molecule has 1 nitrogen and oxygen atoms in total. The molecular formula is C8H13B3N. The van der Waals surface area contributed by atoms with Gasteiger partial charge in [0.05, 0.1) is 6.60 Å². The molecule has 0 unspecified atom stereocenters. The molecule has 2 aliphatic rings. The van der Waals surface area contributed by atoms with Gasteiger partial charge >= 0.3 is 0 Å². The van der Waals surface area contributed by atoms with E-state index in [0.717, 1.165) is 12.9 Å². The van der Waals surface area contributed by atoms with E-state index in [-0.39, 0.29) is 0 Å². The fourth-order valence-electron chi connectivity index (χ4n) is 2.29. The quantitative estimate of drug-likeness (QED) is 0.403. The summed E-state index contributed by atoms with van der Waals surface area (Å²) in [5, 5.41) is 3.30. The van der Waals surface area contributed by atoms with Crippen LogP contribution in [0.1, 0.15) is 19.8 Å². The van der Waals surface area contributed by atoms with Crippen LogP contribution in [0.2, 0.25) is 12.0 Å². The lowest BCUT2D eigenvalue weighted by Crippen LogP contribution is -2.42. The molecule has 12 heavy (non-hydrogen) atoms. The van der Waals surface area contributed by atoms with Gasteiger partial charge < -0.3 is 5.23 Å². The molecule has 0 spiro atoms. The average Bonchev–Trinajstić information content (AvgIpc) is 2.12. The van der Waals surface area contributed by atoms with Crippen LogP contribution in [0.15, 0.2) is 11.1 Å². The maximum absolute atomic E-state index is 6.05. The zero-order valence-electron chi connectivity index (χ0n) is 7.64. The van der Waals surface area contributed by atoms with Crippen LogP contribution in [-0.4, -0.2) is 28.3 Å². The van der Waals surface area contributed by atoms with Crippen molar-refractivity contribution in [1.82, 2.24) is 5.23 Å². The van der Waals surface area contributed by atoms with Gasteiger partial charge in [-0.2, -0.15) is 0 Å². The van der Waals surface area contributed by atoms with E-state index in [1.807, 2.05) is 0 Å². The Bertz CT molecular complexity index is 214. The topological polar surface area (TPSA) is 12.0 Å². The summed E-state index contributed by atoms with van der Waals surface area (Å²) in [4.78, 5) is 0. The zero-order chi connectivity index (χ0) is 8.55. The van der Waals surface area contributed by atoms with Crippen LogP contribution >= 0.6 is 0 Å². The van der Waals surface area contributed by atoms with Gasteiger partial charge in [0.25, 0.3) is 0 Å². The molecule has 59 valence electrons. The largest absolute Gasteiger partial charge is 0.360 e. The van der Waals surface area contributed by atoms with E-state index >= 15 is 0 Å². The van der Waals surface area contributed by atoms with Crippen molar-refractivity contribution in [3.63, 3.8) is 0 Å². The summed E-state index contributed by atoms with van der Waals surface area (Å²) in [7, 11) is 8.23. The normalized spacial score (nSPS) is 29.8. The molecule has 1 atom stereocenters. The smallest absolute Gasteiger partial charge is 0.204 e. The van der Waals surface area contributed by atoms with Crippen LogP contribution in [0.5, 0.6) is 0 Å². The molecule has 1 N–H and O–H groups in total. The minimum Gasteiger partial charge on any atom is -0.360 e. The second-order valence-corrected chi connectivity index (χ2v) is 3.90. The van der Waals surface area contributed by atoms with Crippen molar-refractivity contribution < 1.29 is 0 Å². The van der Waals surface area contributed by atoms with E-state index in [1.165, 1.54) is 12.8 Å². The molecule has 0 aromatic rings. The molecule has 2 aliphatic heterocycles.